The quantitative estimate of drug-likeness (QED) is 0.530. The van der Waals surface area contributed by atoms with E-state index >= 15 is 0 Å². The fraction of sp³-hybridized carbons (Fsp3) is 0.750. The van der Waals surface area contributed by atoms with Gasteiger partial charge in [0.2, 0.25) is 0 Å². The lowest BCUT2D eigenvalue weighted by molar-refractivity contribution is 0.137. The van der Waals surface area contributed by atoms with E-state index in [2.05, 4.69) is 13.0 Å². The smallest absolute Gasteiger partial charge is 0.0749 e. The minimum atomic E-state index is -0.163. The number of hydrogen-bond acceptors (Lipinski definition) is 1. The lowest BCUT2D eigenvalue weighted by Crippen LogP contribution is -2.19. The highest BCUT2D eigenvalue weighted by Crippen LogP contribution is 2.21. The van der Waals surface area contributed by atoms with Crippen molar-refractivity contribution < 1.29 is 5.11 Å². The van der Waals surface area contributed by atoms with E-state index in [1.807, 2.05) is 6.08 Å². The maximum absolute atomic E-state index is 9.28. The molecule has 0 saturated carbocycles. The van der Waals surface area contributed by atoms with E-state index in [4.69, 9.17) is 0 Å². The van der Waals surface area contributed by atoms with Gasteiger partial charge >= 0.3 is 0 Å². The van der Waals surface area contributed by atoms with Crippen LogP contribution >= 0.6 is 0 Å². The van der Waals surface area contributed by atoms with Gasteiger partial charge in [0.15, 0.2) is 0 Å². The molecule has 0 spiro atoms. The first-order chi connectivity index (χ1) is 4.34. The van der Waals surface area contributed by atoms with E-state index in [0.29, 0.717) is 5.92 Å². The van der Waals surface area contributed by atoms with Crippen LogP contribution < -0.4 is 0 Å². The molecule has 1 aliphatic rings. The Morgan fingerprint density at radius 2 is 2.44 bits per heavy atom. The largest absolute Gasteiger partial charge is 0.389 e. The molecule has 1 aliphatic carbocycles. The highest BCUT2D eigenvalue weighted by atomic mass is 16.3. The van der Waals surface area contributed by atoms with Crippen LogP contribution in [0.2, 0.25) is 0 Å². The molecule has 0 aliphatic heterocycles. The summed E-state index contributed by atoms with van der Waals surface area (Å²) in [6.45, 7) is 2.13. The predicted molar refractivity (Wildman–Crippen MR) is 38.2 cm³/mol. The van der Waals surface area contributed by atoms with Gasteiger partial charge in [0.1, 0.15) is 0 Å². The lowest BCUT2D eigenvalue weighted by Gasteiger charge is -2.21. The van der Waals surface area contributed by atoms with E-state index in [-0.39, 0.29) is 6.10 Å². The molecule has 1 nitrogen and oxygen atoms in total. The van der Waals surface area contributed by atoms with Gasteiger partial charge in [-0.25, -0.2) is 0 Å². The molecule has 0 heterocycles. The van der Waals surface area contributed by atoms with Crippen molar-refractivity contribution in [1.29, 1.82) is 0 Å². The molecule has 0 aromatic rings. The molecule has 9 heavy (non-hydrogen) atoms. The molecule has 0 bridgehead atoms. The van der Waals surface area contributed by atoms with Crippen molar-refractivity contribution in [2.75, 3.05) is 0 Å². The molecule has 1 heteroatoms. The number of allylic oxidation sites excluding steroid dienone is 1. The molecular weight excluding hydrogens is 112 g/mol. The van der Waals surface area contributed by atoms with Crippen LogP contribution in [0.3, 0.4) is 0 Å². The van der Waals surface area contributed by atoms with Crippen molar-refractivity contribution >= 4 is 0 Å². The monoisotopic (exact) mass is 126 g/mol. The number of aliphatic hydroxyl groups is 1. The summed E-state index contributed by atoms with van der Waals surface area (Å²) < 4.78 is 0. The lowest BCUT2D eigenvalue weighted by atomic mass is 9.90. The van der Waals surface area contributed by atoms with Crippen LogP contribution in [0.4, 0.5) is 0 Å². The first kappa shape index (κ1) is 6.81. The van der Waals surface area contributed by atoms with Crippen LogP contribution in [0.5, 0.6) is 0 Å². The summed E-state index contributed by atoms with van der Waals surface area (Å²) in [6, 6.07) is 0. The molecule has 0 saturated heterocycles. The van der Waals surface area contributed by atoms with Crippen molar-refractivity contribution in [2.24, 2.45) is 5.92 Å². The average Bonchev–Trinajstić information content (AvgIpc) is 1.89. The normalized spacial score (nSPS) is 34.9. The standard InChI is InChI=1S/C8H14O/c1-2-7-5-3-4-6-8(7)9/h4,6-9H,2-3,5H2,1H3/t7-,8?/m0/s1. The third kappa shape index (κ3) is 1.55. The van der Waals surface area contributed by atoms with E-state index in [0.717, 1.165) is 19.3 Å². The van der Waals surface area contributed by atoms with Gasteiger partial charge in [-0.2, -0.15) is 0 Å². The highest BCUT2D eigenvalue weighted by molar-refractivity contribution is 4.96. The van der Waals surface area contributed by atoms with Gasteiger partial charge in [0, 0.05) is 0 Å². The zero-order chi connectivity index (χ0) is 6.69. The third-order valence-corrected chi connectivity index (χ3v) is 2.04. The number of rotatable bonds is 1. The fourth-order valence-corrected chi connectivity index (χ4v) is 1.32. The van der Waals surface area contributed by atoms with Gasteiger partial charge in [-0.15, -0.1) is 0 Å². The first-order valence-electron chi connectivity index (χ1n) is 3.69. The summed E-state index contributed by atoms with van der Waals surface area (Å²) in [4.78, 5) is 0. The first-order valence-corrected chi connectivity index (χ1v) is 3.69. The minimum Gasteiger partial charge on any atom is -0.389 e. The van der Waals surface area contributed by atoms with E-state index in [1.165, 1.54) is 0 Å². The van der Waals surface area contributed by atoms with Gasteiger partial charge in [0.25, 0.3) is 0 Å². The second kappa shape index (κ2) is 3.02. The van der Waals surface area contributed by atoms with Gasteiger partial charge in [0.05, 0.1) is 6.10 Å². The van der Waals surface area contributed by atoms with Crippen LogP contribution in [0, 0.1) is 5.92 Å². The molecule has 0 aromatic carbocycles. The fourth-order valence-electron chi connectivity index (χ4n) is 1.32. The Hall–Kier alpha value is -0.300. The van der Waals surface area contributed by atoms with Crippen molar-refractivity contribution in [1.82, 2.24) is 0 Å². The van der Waals surface area contributed by atoms with E-state index in [1.54, 1.807) is 0 Å². The Balaban J connectivity index is 2.44. The van der Waals surface area contributed by atoms with E-state index < -0.39 is 0 Å². The summed E-state index contributed by atoms with van der Waals surface area (Å²) in [6.07, 6.45) is 7.23. The van der Waals surface area contributed by atoms with Crippen molar-refractivity contribution in [3.05, 3.63) is 12.2 Å². The SMILES string of the molecule is CC[C@H]1CCC=CC1O. The minimum absolute atomic E-state index is 0.163. The van der Waals surface area contributed by atoms with E-state index in [9.17, 15) is 5.11 Å². The predicted octanol–water partition coefficient (Wildman–Crippen LogP) is 1.72. The summed E-state index contributed by atoms with van der Waals surface area (Å²) in [5, 5.41) is 9.28. The maximum atomic E-state index is 9.28. The van der Waals surface area contributed by atoms with Crippen LogP contribution in [0.15, 0.2) is 12.2 Å². The third-order valence-electron chi connectivity index (χ3n) is 2.04. The summed E-state index contributed by atoms with van der Waals surface area (Å²) in [5.74, 6) is 0.523. The van der Waals surface area contributed by atoms with Crippen molar-refractivity contribution in [3.63, 3.8) is 0 Å². The average molecular weight is 126 g/mol. The van der Waals surface area contributed by atoms with Gasteiger partial charge < -0.3 is 5.11 Å². The Labute approximate surface area is 56.4 Å². The Morgan fingerprint density at radius 1 is 1.67 bits per heavy atom. The topological polar surface area (TPSA) is 20.2 Å². The molecule has 1 unspecified atom stereocenters. The zero-order valence-electron chi connectivity index (χ0n) is 5.88. The van der Waals surface area contributed by atoms with Crippen LogP contribution in [0.1, 0.15) is 26.2 Å². The molecule has 0 aromatic heterocycles. The maximum Gasteiger partial charge on any atom is 0.0749 e. The molecule has 0 fully saturated rings. The van der Waals surface area contributed by atoms with Crippen molar-refractivity contribution in [3.8, 4) is 0 Å². The Morgan fingerprint density at radius 3 is 2.89 bits per heavy atom. The zero-order valence-corrected chi connectivity index (χ0v) is 5.88. The van der Waals surface area contributed by atoms with Crippen LogP contribution in [-0.2, 0) is 0 Å². The summed E-state index contributed by atoms with van der Waals surface area (Å²) in [5.41, 5.74) is 0. The molecule has 1 rings (SSSR count). The molecule has 0 radical (unpaired) electrons. The second-order valence-corrected chi connectivity index (χ2v) is 2.66. The summed E-state index contributed by atoms with van der Waals surface area (Å²) in [7, 11) is 0. The Bertz CT molecular complexity index is 107. The van der Waals surface area contributed by atoms with Crippen molar-refractivity contribution in [2.45, 2.75) is 32.3 Å². The highest BCUT2D eigenvalue weighted by Gasteiger charge is 2.16. The number of hydrogen-bond donors (Lipinski definition) is 1. The molecule has 52 valence electrons. The molecule has 2 atom stereocenters. The molecule has 0 amide bonds. The summed E-state index contributed by atoms with van der Waals surface area (Å²) >= 11 is 0. The van der Waals surface area contributed by atoms with Gasteiger partial charge in [-0.1, -0.05) is 25.5 Å². The van der Waals surface area contributed by atoms with Gasteiger partial charge in [-0.05, 0) is 18.8 Å². The molecule has 1 N–H and O–H groups in total. The van der Waals surface area contributed by atoms with Crippen LogP contribution in [0.25, 0.3) is 0 Å². The van der Waals surface area contributed by atoms with Crippen LogP contribution in [-0.4, -0.2) is 11.2 Å². The molecular formula is C8H14O. The number of aliphatic hydroxyl groups excluding tert-OH is 1. The second-order valence-electron chi connectivity index (χ2n) is 2.66. The van der Waals surface area contributed by atoms with Gasteiger partial charge in [-0.3, -0.25) is 0 Å². The Kier molecular flexibility index (Phi) is 2.29.